The molecule has 0 aliphatic rings. The number of hydrogen-bond acceptors (Lipinski definition) is 5. The van der Waals surface area contributed by atoms with Crippen molar-refractivity contribution in [1.82, 2.24) is 0 Å². The standard InChI is InChI=1S/C51H92O5/c1-4-7-10-13-15-17-19-21-23-25-27-29-31-33-35-37-40-43-46-54-47-49(56-51(53)45-42-38-12-9-6-3)48-55-50(52)44-41-39-36-34-32-30-28-26-24-22-20-18-16-14-11-8-5-2/h7,10,15,17,21-24,49H,4-6,8-9,11-14,16,18-20,25-48H2,1-3H3/b10-7-,17-15-,23-21-,24-22-. The fourth-order valence-corrected chi connectivity index (χ4v) is 6.75. The van der Waals surface area contributed by atoms with Gasteiger partial charge in [-0.2, -0.15) is 0 Å². The fraction of sp³-hybridized carbons (Fsp3) is 0.804. The highest BCUT2D eigenvalue weighted by Crippen LogP contribution is 2.14. The third-order valence-electron chi connectivity index (χ3n) is 10.3. The zero-order valence-electron chi connectivity index (χ0n) is 37.4. The molecule has 0 fully saturated rings. The van der Waals surface area contributed by atoms with Gasteiger partial charge < -0.3 is 14.2 Å². The molecule has 1 unspecified atom stereocenters. The molecule has 0 N–H and O–H groups in total. The zero-order chi connectivity index (χ0) is 40.7. The van der Waals surface area contributed by atoms with Crippen molar-refractivity contribution in [2.75, 3.05) is 19.8 Å². The SMILES string of the molecule is CC/C=C\C/C=C\C/C=C\CCCCCCCCCCOCC(COC(=O)CCCCCCCCC/C=C\CCCCCCCC)OC(=O)CCCCCCC. The smallest absolute Gasteiger partial charge is 0.306 e. The van der Waals surface area contributed by atoms with E-state index in [2.05, 4.69) is 69.4 Å². The summed E-state index contributed by atoms with van der Waals surface area (Å²) in [5.74, 6) is -0.414. The van der Waals surface area contributed by atoms with Crippen LogP contribution in [0.25, 0.3) is 0 Å². The Kier molecular flexibility index (Phi) is 45.4. The highest BCUT2D eigenvalue weighted by atomic mass is 16.6. The summed E-state index contributed by atoms with van der Waals surface area (Å²) in [7, 11) is 0. The molecule has 326 valence electrons. The van der Waals surface area contributed by atoms with E-state index in [9.17, 15) is 9.59 Å². The van der Waals surface area contributed by atoms with Crippen LogP contribution in [-0.2, 0) is 23.8 Å². The van der Waals surface area contributed by atoms with Crippen LogP contribution in [0.4, 0.5) is 0 Å². The van der Waals surface area contributed by atoms with Crippen molar-refractivity contribution in [1.29, 1.82) is 0 Å². The van der Waals surface area contributed by atoms with Gasteiger partial charge in [-0.3, -0.25) is 9.59 Å². The van der Waals surface area contributed by atoms with Crippen LogP contribution < -0.4 is 0 Å². The van der Waals surface area contributed by atoms with Gasteiger partial charge in [-0.05, 0) is 77.0 Å². The first-order chi connectivity index (χ1) is 27.6. The molecule has 0 aliphatic heterocycles. The minimum atomic E-state index is -0.535. The lowest BCUT2D eigenvalue weighted by Crippen LogP contribution is -2.30. The van der Waals surface area contributed by atoms with E-state index >= 15 is 0 Å². The van der Waals surface area contributed by atoms with Crippen molar-refractivity contribution in [2.45, 2.75) is 245 Å². The number of unbranched alkanes of at least 4 members (excludes halogenated alkanes) is 25. The van der Waals surface area contributed by atoms with Gasteiger partial charge in [0.2, 0.25) is 0 Å². The zero-order valence-corrected chi connectivity index (χ0v) is 37.4. The number of rotatable bonds is 44. The molecule has 0 saturated heterocycles. The Hall–Kier alpha value is -2.14. The number of esters is 2. The van der Waals surface area contributed by atoms with Crippen molar-refractivity contribution in [3.63, 3.8) is 0 Å². The molecule has 0 amide bonds. The lowest BCUT2D eigenvalue weighted by atomic mass is 10.1. The molecule has 0 aromatic heterocycles. The van der Waals surface area contributed by atoms with E-state index in [4.69, 9.17) is 14.2 Å². The molecule has 5 heteroatoms. The summed E-state index contributed by atoms with van der Waals surface area (Å²) >= 11 is 0. The van der Waals surface area contributed by atoms with Gasteiger partial charge in [0.1, 0.15) is 6.61 Å². The monoisotopic (exact) mass is 785 g/mol. The number of hydrogen-bond donors (Lipinski definition) is 0. The van der Waals surface area contributed by atoms with E-state index in [1.807, 2.05) is 0 Å². The fourth-order valence-electron chi connectivity index (χ4n) is 6.75. The summed E-state index contributed by atoms with van der Waals surface area (Å²) in [6, 6.07) is 0. The molecule has 0 radical (unpaired) electrons. The first-order valence-corrected chi connectivity index (χ1v) is 24.2. The van der Waals surface area contributed by atoms with Crippen LogP contribution in [0.1, 0.15) is 239 Å². The molecule has 1 atom stereocenters. The lowest BCUT2D eigenvalue weighted by Gasteiger charge is -2.18. The summed E-state index contributed by atoms with van der Waals surface area (Å²) in [6.07, 6.45) is 57.1. The normalized spacial score (nSPS) is 12.6. The van der Waals surface area contributed by atoms with Crippen molar-refractivity contribution in [3.05, 3.63) is 48.6 Å². The van der Waals surface area contributed by atoms with Crippen LogP contribution in [-0.4, -0.2) is 37.9 Å². The number of carbonyl (C=O) groups excluding carboxylic acids is 2. The molecular formula is C51H92O5. The molecule has 0 rings (SSSR count). The predicted octanol–water partition coefficient (Wildman–Crippen LogP) is 16.0. The molecule has 0 saturated carbocycles. The molecule has 5 nitrogen and oxygen atoms in total. The minimum absolute atomic E-state index is 0.0809. The number of carbonyl (C=O) groups is 2. The summed E-state index contributed by atoms with van der Waals surface area (Å²) < 4.78 is 17.2. The van der Waals surface area contributed by atoms with Crippen LogP contribution >= 0.6 is 0 Å². The Morgan fingerprint density at radius 1 is 0.411 bits per heavy atom. The Labute approximate surface area is 348 Å². The largest absolute Gasteiger partial charge is 0.462 e. The third kappa shape index (κ3) is 44.6. The van der Waals surface area contributed by atoms with Crippen molar-refractivity contribution in [3.8, 4) is 0 Å². The Morgan fingerprint density at radius 3 is 1.30 bits per heavy atom. The third-order valence-corrected chi connectivity index (χ3v) is 10.3. The Balaban J connectivity index is 4.03. The summed E-state index contributed by atoms with van der Waals surface area (Å²) in [6.45, 7) is 7.64. The van der Waals surface area contributed by atoms with E-state index in [0.29, 0.717) is 19.4 Å². The van der Waals surface area contributed by atoms with E-state index in [-0.39, 0.29) is 25.2 Å². The molecule has 0 bridgehead atoms. The van der Waals surface area contributed by atoms with Crippen LogP contribution in [0.3, 0.4) is 0 Å². The summed E-state index contributed by atoms with van der Waals surface area (Å²) in [4.78, 5) is 25.1. The second-order valence-electron chi connectivity index (χ2n) is 16.0. The molecular weight excluding hydrogens is 693 g/mol. The molecule has 0 aromatic carbocycles. The van der Waals surface area contributed by atoms with Crippen molar-refractivity contribution >= 4 is 11.9 Å². The number of ether oxygens (including phenoxy) is 3. The first kappa shape index (κ1) is 53.9. The van der Waals surface area contributed by atoms with Gasteiger partial charge in [-0.1, -0.05) is 198 Å². The maximum atomic E-state index is 12.6. The Bertz CT molecular complexity index is 935. The van der Waals surface area contributed by atoms with Crippen molar-refractivity contribution < 1.29 is 23.8 Å². The van der Waals surface area contributed by atoms with Gasteiger partial charge >= 0.3 is 11.9 Å². The maximum absolute atomic E-state index is 12.6. The van der Waals surface area contributed by atoms with Crippen LogP contribution in [0.2, 0.25) is 0 Å². The first-order valence-electron chi connectivity index (χ1n) is 24.2. The van der Waals surface area contributed by atoms with Crippen LogP contribution in [0.5, 0.6) is 0 Å². The summed E-state index contributed by atoms with van der Waals surface area (Å²) in [5.41, 5.74) is 0. The molecule has 0 spiro atoms. The minimum Gasteiger partial charge on any atom is -0.462 e. The molecule has 0 aromatic rings. The predicted molar refractivity (Wildman–Crippen MR) is 242 cm³/mol. The average molecular weight is 785 g/mol. The van der Waals surface area contributed by atoms with Crippen LogP contribution in [0, 0.1) is 0 Å². The summed E-state index contributed by atoms with van der Waals surface area (Å²) in [5, 5.41) is 0. The van der Waals surface area contributed by atoms with E-state index < -0.39 is 6.10 Å². The second-order valence-corrected chi connectivity index (χ2v) is 16.0. The molecule has 56 heavy (non-hydrogen) atoms. The number of allylic oxidation sites excluding steroid dienone is 8. The maximum Gasteiger partial charge on any atom is 0.306 e. The quantitative estimate of drug-likeness (QED) is 0.0350. The van der Waals surface area contributed by atoms with Crippen molar-refractivity contribution in [2.24, 2.45) is 0 Å². The van der Waals surface area contributed by atoms with Gasteiger partial charge in [0, 0.05) is 19.4 Å². The average Bonchev–Trinajstić information content (AvgIpc) is 3.20. The topological polar surface area (TPSA) is 61.8 Å². The van der Waals surface area contributed by atoms with Crippen LogP contribution in [0.15, 0.2) is 48.6 Å². The lowest BCUT2D eigenvalue weighted by molar-refractivity contribution is -0.163. The highest BCUT2D eigenvalue weighted by molar-refractivity contribution is 5.70. The van der Waals surface area contributed by atoms with Gasteiger partial charge in [0.25, 0.3) is 0 Å². The second kappa shape index (κ2) is 47.2. The highest BCUT2D eigenvalue weighted by Gasteiger charge is 2.17. The van der Waals surface area contributed by atoms with Gasteiger partial charge in [-0.15, -0.1) is 0 Å². The van der Waals surface area contributed by atoms with Gasteiger partial charge in [-0.25, -0.2) is 0 Å². The molecule has 0 heterocycles. The van der Waals surface area contributed by atoms with E-state index in [1.54, 1.807) is 0 Å². The Morgan fingerprint density at radius 2 is 0.804 bits per heavy atom. The van der Waals surface area contributed by atoms with E-state index in [0.717, 1.165) is 64.2 Å². The molecule has 0 aliphatic carbocycles. The van der Waals surface area contributed by atoms with Gasteiger partial charge in [0.15, 0.2) is 6.10 Å². The van der Waals surface area contributed by atoms with Gasteiger partial charge in [0.05, 0.1) is 6.61 Å². The van der Waals surface area contributed by atoms with E-state index in [1.165, 1.54) is 141 Å².